The van der Waals surface area contributed by atoms with Crippen LogP contribution in [0.2, 0.25) is 0 Å². The molecule has 1 unspecified atom stereocenters. The van der Waals surface area contributed by atoms with Gasteiger partial charge in [-0.15, -0.1) is 0 Å². The lowest BCUT2D eigenvalue weighted by molar-refractivity contribution is 0.554. The highest BCUT2D eigenvalue weighted by Crippen LogP contribution is 2.16. The number of nitrogens with zero attached hydrogens (tertiary/aromatic N) is 1. The molecule has 1 atom stereocenters. The van der Waals surface area contributed by atoms with E-state index in [2.05, 4.69) is 52.4 Å². The molecule has 0 aliphatic heterocycles. The van der Waals surface area contributed by atoms with Gasteiger partial charge in [0.15, 0.2) is 0 Å². The molecular formula is C14H19BrN2. The monoisotopic (exact) mass is 294 g/mol. The summed E-state index contributed by atoms with van der Waals surface area (Å²) in [4.78, 5) is 0. The van der Waals surface area contributed by atoms with Gasteiger partial charge in [0.25, 0.3) is 0 Å². The largest absolute Gasteiger partial charge is 0.315 e. The Hall–Kier alpha value is -0.850. The van der Waals surface area contributed by atoms with E-state index in [1.54, 1.807) is 0 Å². The first-order valence-electron chi connectivity index (χ1n) is 6.02. The van der Waals surface area contributed by atoms with E-state index in [-0.39, 0.29) is 5.92 Å². The molecule has 0 aliphatic rings. The van der Waals surface area contributed by atoms with Crippen LogP contribution in [0.5, 0.6) is 0 Å². The molecule has 0 amide bonds. The van der Waals surface area contributed by atoms with E-state index in [4.69, 9.17) is 5.26 Å². The van der Waals surface area contributed by atoms with E-state index < -0.39 is 0 Å². The maximum atomic E-state index is 8.83. The summed E-state index contributed by atoms with van der Waals surface area (Å²) in [5, 5.41) is 12.2. The topological polar surface area (TPSA) is 35.8 Å². The molecule has 1 aromatic rings. The fourth-order valence-corrected chi connectivity index (χ4v) is 2.10. The van der Waals surface area contributed by atoms with E-state index in [1.165, 1.54) is 11.1 Å². The van der Waals surface area contributed by atoms with Crippen molar-refractivity contribution in [2.45, 2.75) is 26.7 Å². The van der Waals surface area contributed by atoms with Gasteiger partial charge in [-0.1, -0.05) is 28.9 Å². The summed E-state index contributed by atoms with van der Waals surface area (Å²) in [6.45, 7) is 5.90. The predicted molar refractivity (Wildman–Crippen MR) is 74.8 cm³/mol. The average Bonchev–Trinajstić information content (AvgIpc) is 2.33. The smallest absolute Gasteiger partial charge is 0.0669 e. The minimum absolute atomic E-state index is 0.138. The van der Waals surface area contributed by atoms with Gasteiger partial charge in [0, 0.05) is 11.0 Å². The molecule has 3 heteroatoms. The van der Waals surface area contributed by atoms with Crippen molar-refractivity contribution in [3.8, 4) is 6.07 Å². The van der Waals surface area contributed by atoms with Crippen LogP contribution in [0.15, 0.2) is 22.7 Å². The van der Waals surface area contributed by atoms with Gasteiger partial charge < -0.3 is 5.32 Å². The summed E-state index contributed by atoms with van der Waals surface area (Å²) < 4.78 is 1.13. The lowest BCUT2D eigenvalue weighted by atomic mass is 10.1. The minimum Gasteiger partial charge on any atom is -0.315 e. The molecule has 0 spiro atoms. The highest BCUT2D eigenvalue weighted by atomic mass is 79.9. The zero-order chi connectivity index (χ0) is 12.7. The molecule has 0 fully saturated rings. The maximum absolute atomic E-state index is 8.83. The number of hydrogen-bond donors (Lipinski definition) is 1. The molecule has 0 heterocycles. The third-order valence-electron chi connectivity index (χ3n) is 2.95. The second kappa shape index (κ2) is 7.47. The zero-order valence-electron chi connectivity index (χ0n) is 10.5. The van der Waals surface area contributed by atoms with E-state index in [0.29, 0.717) is 0 Å². The van der Waals surface area contributed by atoms with Crippen LogP contribution in [0, 0.1) is 24.2 Å². The fraction of sp³-hybridized carbons (Fsp3) is 0.500. The summed E-state index contributed by atoms with van der Waals surface area (Å²) in [5.74, 6) is 0.138. The van der Waals surface area contributed by atoms with Crippen molar-refractivity contribution in [3.05, 3.63) is 33.8 Å². The molecule has 17 heavy (non-hydrogen) atoms. The van der Waals surface area contributed by atoms with Gasteiger partial charge in [0.1, 0.15) is 0 Å². The van der Waals surface area contributed by atoms with Gasteiger partial charge in [-0.05, 0) is 49.6 Å². The number of nitrogens with one attached hydrogen (secondary N) is 1. The van der Waals surface area contributed by atoms with E-state index >= 15 is 0 Å². The van der Waals surface area contributed by atoms with Crippen molar-refractivity contribution in [1.29, 1.82) is 5.26 Å². The van der Waals surface area contributed by atoms with Crippen molar-refractivity contribution < 1.29 is 0 Å². The number of rotatable bonds is 6. The van der Waals surface area contributed by atoms with Crippen LogP contribution in [0.4, 0.5) is 0 Å². The normalized spacial score (nSPS) is 12.1. The van der Waals surface area contributed by atoms with E-state index in [9.17, 15) is 0 Å². The lowest BCUT2D eigenvalue weighted by Crippen LogP contribution is -2.24. The number of aryl methyl sites for hydroxylation is 1. The molecule has 0 saturated carbocycles. The molecule has 0 bridgehead atoms. The first kappa shape index (κ1) is 14.2. The molecule has 0 saturated heterocycles. The van der Waals surface area contributed by atoms with Crippen LogP contribution in [-0.2, 0) is 6.42 Å². The molecule has 1 N–H and O–H groups in total. The Bertz CT molecular complexity index is 396. The molecule has 1 rings (SSSR count). The van der Waals surface area contributed by atoms with Crippen molar-refractivity contribution in [3.63, 3.8) is 0 Å². The third-order valence-corrected chi connectivity index (χ3v) is 3.44. The summed E-state index contributed by atoms with van der Waals surface area (Å²) in [6, 6.07) is 8.66. The molecule has 0 aromatic heterocycles. The third kappa shape index (κ3) is 4.89. The molecule has 92 valence electrons. The van der Waals surface area contributed by atoms with Gasteiger partial charge in [0.2, 0.25) is 0 Å². The Labute approximate surface area is 112 Å². The number of benzene rings is 1. The summed E-state index contributed by atoms with van der Waals surface area (Å²) >= 11 is 3.49. The second-order valence-electron chi connectivity index (χ2n) is 4.26. The second-order valence-corrected chi connectivity index (χ2v) is 5.17. The number of halogens is 1. The Morgan fingerprint density at radius 1 is 1.47 bits per heavy atom. The first-order valence-corrected chi connectivity index (χ1v) is 6.82. The van der Waals surface area contributed by atoms with Crippen molar-refractivity contribution in [2.24, 2.45) is 5.92 Å². The van der Waals surface area contributed by atoms with Crippen molar-refractivity contribution in [1.82, 2.24) is 5.32 Å². The maximum Gasteiger partial charge on any atom is 0.0669 e. The molecular weight excluding hydrogens is 276 g/mol. The van der Waals surface area contributed by atoms with Crippen LogP contribution in [0.25, 0.3) is 0 Å². The SMILES string of the molecule is CCC(C#N)CNCCc1cc(Br)ccc1C. The van der Waals surface area contributed by atoms with Crippen molar-refractivity contribution >= 4 is 15.9 Å². The summed E-state index contributed by atoms with van der Waals surface area (Å²) in [5.41, 5.74) is 2.68. The van der Waals surface area contributed by atoms with Crippen LogP contribution < -0.4 is 5.32 Å². The molecule has 2 nitrogen and oxygen atoms in total. The van der Waals surface area contributed by atoms with Gasteiger partial charge in [-0.3, -0.25) is 0 Å². The van der Waals surface area contributed by atoms with Gasteiger partial charge in [0.05, 0.1) is 12.0 Å². The fourth-order valence-electron chi connectivity index (χ4n) is 1.69. The van der Waals surface area contributed by atoms with E-state index in [1.807, 2.05) is 6.92 Å². The Balaban J connectivity index is 2.36. The highest BCUT2D eigenvalue weighted by molar-refractivity contribution is 9.10. The van der Waals surface area contributed by atoms with Crippen LogP contribution in [0.1, 0.15) is 24.5 Å². The average molecular weight is 295 g/mol. The zero-order valence-corrected chi connectivity index (χ0v) is 12.0. The highest BCUT2D eigenvalue weighted by Gasteiger charge is 2.03. The van der Waals surface area contributed by atoms with E-state index in [0.717, 1.165) is 30.4 Å². The predicted octanol–water partition coefficient (Wildman–Crippen LogP) is 3.44. The Morgan fingerprint density at radius 3 is 2.88 bits per heavy atom. The van der Waals surface area contributed by atoms with Crippen molar-refractivity contribution in [2.75, 3.05) is 13.1 Å². The van der Waals surface area contributed by atoms with Gasteiger partial charge in [-0.25, -0.2) is 0 Å². The Kier molecular flexibility index (Phi) is 6.25. The first-order chi connectivity index (χ1) is 8.17. The lowest BCUT2D eigenvalue weighted by Gasteiger charge is -2.10. The van der Waals surface area contributed by atoms with Gasteiger partial charge >= 0.3 is 0 Å². The quantitative estimate of drug-likeness (QED) is 0.816. The number of nitriles is 1. The minimum atomic E-state index is 0.138. The summed E-state index contributed by atoms with van der Waals surface area (Å²) in [6.07, 6.45) is 1.92. The molecule has 1 aromatic carbocycles. The van der Waals surface area contributed by atoms with Gasteiger partial charge in [-0.2, -0.15) is 5.26 Å². The summed E-state index contributed by atoms with van der Waals surface area (Å²) in [7, 11) is 0. The van der Waals surface area contributed by atoms with Crippen LogP contribution in [0.3, 0.4) is 0 Å². The standard InChI is InChI=1S/C14H19BrN2/c1-3-12(9-16)10-17-7-6-13-8-14(15)5-4-11(13)2/h4-5,8,12,17H,3,6-7,10H2,1-2H3. The van der Waals surface area contributed by atoms with Crippen LogP contribution in [-0.4, -0.2) is 13.1 Å². The molecule has 0 radical (unpaired) electrons. The Morgan fingerprint density at radius 2 is 2.24 bits per heavy atom. The number of hydrogen-bond acceptors (Lipinski definition) is 2. The van der Waals surface area contributed by atoms with Crippen LogP contribution >= 0.6 is 15.9 Å². The molecule has 0 aliphatic carbocycles.